The molecular weight excluding hydrogens is 286 g/mol. The number of benzene rings is 1. The highest BCUT2D eigenvalue weighted by Gasteiger charge is 2.37. The summed E-state index contributed by atoms with van der Waals surface area (Å²) in [6.07, 6.45) is 1.70. The van der Waals surface area contributed by atoms with Crippen molar-refractivity contribution in [1.82, 2.24) is 15.1 Å². The Bertz CT molecular complexity index is 795. The zero-order valence-corrected chi connectivity index (χ0v) is 14.0. The summed E-state index contributed by atoms with van der Waals surface area (Å²) < 4.78 is 0. The molecule has 0 unspecified atom stereocenters. The van der Waals surface area contributed by atoms with Gasteiger partial charge >= 0.3 is 0 Å². The highest BCUT2D eigenvalue weighted by Crippen LogP contribution is 2.32. The van der Waals surface area contributed by atoms with Crippen molar-refractivity contribution in [2.24, 2.45) is 4.99 Å². The molecule has 0 amide bonds. The van der Waals surface area contributed by atoms with Crippen LogP contribution in [0.15, 0.2) is 35.5 Å². The molecule has 2 aromatic rings. The lowest BCUT2D eigenvalue weighted by atomic mass is 9.96. The topological polar surface area (TPSA) is 65.2 Å². The molecule has 0 spiro atoms. The van der Waals surface area contributed by atoms with E-state index in [1.54, 1.807) is 6.20 Å². The maximum absolute atomic E-state index is 9.86. The average Bonchev–Trinajstić information content (AvgIpc) is 2.84. The first kappa shape index (κ1) is 15.4. The van der Waals surface area contributed by atoms with Crippen LogP contribution in [0.4, 0.5) is 0 Å². The van der Waals surface area contributed by atoms with Crippen molar-refractivity contribution >= 4 is 16.7 Å². The van der Waals surface area contributed by atoms with E-state index in [4.69, 9.17) is 4.99 Å². The van der Waals surface area contributed by atoms with Crippen LogP contribution in [0.1, 0.15) is 39.2 Å². The van der Waals surface area contributed by atoms with Crippen molar-refractivity contribution < 1.29 is 0 Å². The van der Waals surface area contributed by atoms with Crippen LogP contribution in [0.5, 0.6) is 0 Å². The second kappa shape index (κ2) is 5.62. The summed E-state index contributed by atoms with van der Waals surface area (Å²) in [7, 11) is 0. The molecule has 0 fully saturated rings. The van der Waals surface area contributed by atoms with Gasteiger partial charge in [-0.05, 0) is 33.8 Å². The molecule has 0 bridgehead atoms. The third kappa shape index (κ3) is 2.77. The number of aromatic nitrogens is 2. The highest BCUT2D eigenvalue weighted by atomic mass is 15.3. The Labute approximate surface area is 136 Å². The first-order chi connectivity index (χ1) is 10.9. The Morgan fingerprint density at radius 2 is 2.00 bits per heavy atom. The molecule has 5 nitrogen and oxygen atoms in total. The van der Waals surface area contributed by atoms with Crippen LogP contribution in [0, 0.1) is 11.3 Å². The normalized spacial score (nSPS) is 18.1. The van der Waals surface area contributed by atoms with Gasteiger partial charge in [-0.25, -0.2) is 0 Å². The summed E-state index contributed by atoms with van der Waals surface area (Å²) in [5.41, 5.74) is 1.50. The lowest BCUT2D eigenvalue weighted by molar-refractivity contribution is 0.320. The minimum atomic E-state index is -0.431. The lowest BCUT2D eigenvalue weighted by Gasteiger charge is -2.28. The molecule has 0 N–H and O–H groups in total. The Balaban J connectivity index is 2.14. The van der Waals surface area contributed by atoms with Gasteiger partial charge in [-0.3, -0.25) is 4.99 Å². The third-order valence-electron chi connectivity index (χ3n) is 4.17. The molecule has 23 heavy (non-hydrogen) atoms. The Kier molecular flexibility index (Phi) is 3.77. The fourth-order valence-electron chi connectivity index (χ4n) is 3.11. The standard InChI is InChI=1S/C18H21N5/c1-12(2)23-11-18(3,4)21-17(23)14(9-19)15-10-20-22-16-8-6-5-7-13(15)16/h5-8,10,12,14H,11H2,1-4H3/t14-/m1/s1. The van der Waals surface area contributed by atoms with Crippen LogP contribution in [0.2, 0.25) is 0 Å². The van der Waals surface area contributed by atoms with E-state index in [0.29, 0.717) is 6.04 Å². The molecule has 0 saturated carbocycles. The molecule has 0 radical (unpaired) electrons. The zero-order valence-electron chi connectivity index (χ0n) is 14.0. The molecule has 1 aliphatic heterocycles. The van der Waals surface area contributed by atoms with Crippen molar-refractivity contribution in [3.8, 4) is 6.07 Å². The Hall–Kier alpha value is -2.48. The van der Waals surface area contributed by atoms with Gasteiger partial charge in [0.1, 0.15) is 11.8 Å². The molecule has 1 atom stereocenters. The lowest BCUT2D eigenvalue weighted by Crippen LogP contribution is -2.39. The van der Waals surface area contributed by atoms with E-state index < -0.39 is 5.92 Å². The number of hydrogen-bond donors (Lipinski definition) is 0. The number of nitrogens with zero attached hydrogens (tertiary/aromatic N) is 5. The van der Waals surface area contributed by atoms with Crippen LogP contribution in [-0.4, -0.2) is 39.1 Å². The monoisotopic (exact) mass is 307 g/mol. The second-order valence-corrected chi connectivity index (χ2v) is 6.88. The number of amidine groups is 1. The minimum Gasteiger partial charge on any atom is -0.354 e. The van der Waals surface area contributed by atoms with E-state index in [9.17, 15) is 5.26 Å². The van der Waals surface area contributed by atoms with E-state index >= 15 is 0 Å². The van der Waals surface area contributed by atoms with E-state index in [0.717, 1.165) is 28.8 Å². The predicted molar refractivity (Wildman–Crippen MR) is 91.2 cm³/mol. The van der Waals surface area contributed by atoms with Gasteiger partial charge in [-0.15, -0.1) is 0 Å². The van der Waals surface area contributed by atoms with Crippen molar-refractivity contribution in [1.29, 1.82) is 5.26 Å². The molecule has 1 aromatic carbocycles. The average molecular weight is 307 g/mol. The van der Waals surface area contributed by atoms with Crippen molar-refractivity contribution in [2.45, 2.75) is 45.2 Å². The van der Waals surface area contributed by atoms with Gasteiger partial charge in [0.05, 0.1) is 23.3 Å². The van der Waals surface area contributed by atoms with Gasteiger partial charge in [0.15, 0.2) is 0 Å². The van der Waals surface area contributed by atoms with Crippen molar-refractivity contribution in [3.63, 3.8) is 0 Å². The molecule has 1 aliphatic rings. The van der Waals surface area contributed by atoms with Gasteiger partial charge in [-0.2, -0.15) is 15.5 Å². The minimum absolute atomic E-state index is 0.176. The summed E-state index contributed by atoms with van der Waals surface area (Å²) in [5, 5.41) is 19.1. The van der Waals surface area contributed by atoms with Crippen LogP contribution >= 0.6 is 0 Å². The predicted octanol–water partition coefficient (Wildman–Crippen LogP) is 3.14. The van der Waals surface area contributed by atoms with Crippen LogP contribution in [0.3, 0.4) is 0 Å². The number of rotatable bonds is 3. The summed E-state index contributed by atoms with van der Waals surface area (Å²) in [6, 6.07) is 10.5. The zero-order chi connectivity index (χ0) is 16.6. The second-order valence-electron chi connectivity index (χ2n) is 6.88. The molecule has 118 valence electrons. The van der Waals surface area contributed by atoms with E-state index in [1.165, 1.54) is 0 Å². The summed E-state index contributed by atoms with van der Waals surface area (Å²) in [5.74, 6) is 0.408. The smallest absolute Gasteiger partial charge is 0.131 e. The largest absolute Gasteiger partial charge is 0.354 e. The highest BCUT2D eigenvalue weighted by molar-refractivity contribution is 5.97. The maximum Gasteiger partial charge on any atom is 0.131 e. The van der Waals surface area contributed by atoms with Gasteiger partial charge in [0, 0.05) is 23.5 Å². The molecule has 5 heteroatoms. The Morgan fingerprint density at radius 1 is 1.26 bits per heavy atom. The molecule has 0 saturated heterocycles. The van der Waals surface area contributed by atoms with Gasteiger partial charge in [0.2, 0.25) is 0 Å². The molecule has 3 rings (SSSR count). The van der Waals surface area contributed by atoms with Crippen molar-refractivity contribution in [3.05, 3.63) is 36.0 Å². The van der Waals surface area contributed by atoms with E-state index in [2.05, 4.69) is 48.9 Å². The first-order valence-electron chi connectivity index (χ1n) is 7.89. The summed E-state index contributed by atoms with van der Waals surface area (Å²) in [4.78, 5) is 7.07. The Morgan fingerprint density at radius 3 is 2.70 bits per heavy atom. The number of fused-ring (bicyclic) bond motifs is 1. The third-order valence-corrected chi connectivity index (χ3v) is 4.17. The van der Waals surface area contributed by atoms with Gasteiger partial charge in [0.25, 0.3) is 0 Å². The quantitative estimate of drug-likeness (QED) is 0.874. The molecule has 2 heterocycles. The maximum atomic E-state index is 9.86. The summed E-state index contributed by atoms with van der Waals surface area (Å²) in [6.45, 7) is 9.30. The van der Waals surface area contributed by atoms with Gasteiger partial charge in [-0.1, -0.05) is 18.2 Å². The molecular formula is C18H21N5. The molecule has 1 aromatic heterocycles. The number of aliphatic imine (C=N–C) groups is 1. The fourth-order valence-corrected chi connectivity index (χ4v) is 3.11. The first-order valence-corrected chi connectivity index (χ1v) is 7.89. The van der Waals surface area contributed by atoms with Crippen LogP contribution < -0.4 is 0 Å². The van der Waals surface area contributed by atoms with Crippen LogP contribution in [0.25, 0.3) is 10.9 Å². The van der Waals surface area contributed by atoms with E-state index in [1.807, 2.05) is 24.3 Å². The summed E-state index contributed by atoms with van der Waals surface area (Å²) >= 11 is 0. The fraction of sp³-hybridized carbons (Fsp3) is 0.444. The number of hydrogen-bond acceptors (Lipinski definition) is 5. The van der Waals surface area contributed by atoms with Gasteiger partial charge < -0.3 is 4.90 Å². The SMILES string of the molecule is CC(C)N1CC(C)(C)N=C1[C@H](C#N)c1cnnc2ccccc12. The van der Waals surface area contributed by atoms with Crippen molar-refractivity contribution in [2.75, 3.05) is 6.54 Å². The molecule has 0 aliphatic carbocycles. The van der Waals surface area contributed by atoms with E-state index in [-0.39, 0.29) is 5.54 Å². The number of nitriles is 1. The van der Waals surface area contributed by atoms with Crippen LogP contribution in [-0.2, 0) is 0 Å².